The Labute approximate surface area is 139 Å². The molecule has 4 N–H and O–H groups in total. The fourth-order valence-electron chi connectivity index (χ4n) is 2.37. The zero-order valence-electron chi connectivity index (χ0n) is 12.3. The van der Waals surface area contributed by atoms with E-state index >= 15 is 0 Å². The second-order valence-corrected chi connectivity index (χ2v) is 5.16. The minimum absolute atomic E-state index is 0. The second-order valence-electron chi connectivity index (χ2n) is 5.16. The van der Waals surface area contributed by atoms with Gasteiger partial charge in [-0.05, 0) is 42.8 Å². The fourth-order valence-corrected chi connectivity index (χ4v) is 2.37. The van der Waals surface area contributed by atoms with E-state index in [1.165, 1.54) is 0 Å². The highest BCUT2D eigenvalue weighted by Gasteiger charge is 2.15. The Hall–Kier alpha value is -2.21. The van der Waals surface area contributed by atoms with Gasteiger partial charge in [-0.1, -0.05) is 0 Å². The van der Waals surface area contributed by atoms with Crippen molar-refractivity contribution in [1.82, 2.24) is 0 Å². The van der Waals surface area contributed by atoms with Crippen LogP contribution in [0, 0.1) is 0 Å². The average Bonchev–Trinajstić information content (AvgIpc) is 3.13. The molecule has 23 heavy (non-hydrogen) atoms. The summed E-state index contributed by atoms with van der Waals surface area (Å²) in [6.07, 6.45) is 7.39. The van der Waals surface area contributed by atoms with Crippen LogP contribution in [0.3, 0.4) is 0 Å². The van der Waals surface area contributed by atoms with E-state index in [9.17, 15) is 10.2 Å². The van der Waals surface area contributed by atoms with Gasteiger partial charge in [0.15, 0.2) is 0 Å². The van der Waals surface area contributed by atoms with Gasteiger partial charge in [0.05, 0.1) is 19.1 Å². The second kappa shape index (κ2) is 7.37. The van der Waals surface area contributed by atoms with Gasteiger partial charge in [0.25, 0.3) is 0 Å². The number of fused-ring (bicyclic) bond motifs is 1. The summed E-state index contributed by atoms with van der Waals surface area (Å²) >= 11 is 0. The van der Waals surface area contributed by atoms with E-state index in [0.29, 0.717) is 17.8 Å². The number of hydrogen-bond acceptors (Lipinski definition) is 5. The van der Waals surface area contributed by atoms with E-state index in [4.69, 9.17) is 14.6 Å². The molecular formula is C17H18ClNO4. The molecule has 0 spiro atoms. The van der Waals surface area contributed by atoms with E-state index in [2.05, 4.69) is 0 Å². The van der Waals surface area contributed by atoms with Crippen molar-refractivity contribution in [2.45, 2.75) is 12.5 Å². The number of aliphatic hydroxyl groups excluding tert-OH is 1. The number of aromatic hydroxyl groups is 1. The number of nitrogens with two attached hydrogens (primary N) is 1. The summed E-state index contributed by atoms with van der Waals surface area (Å²) in [7, 11) is 0. The Morgan fingerprint density at radius 3 is 2.74 bits per heavy atom. The number of benzene rings is 1. The summed E-state index contributed by atoms with van der Waals surface area (Å²) in [6, 6.07) is 6.39. The molecule has 2 heterocycles. The molecule has 5 nitrogen and oxygen atoms in total. The molecule has 0 fully saturated rings. The summed E-state index contributed by atoms with van der Waals surface area (Å²) in [6.45, 7) is -0.115. The van der Waals surface area contributed by atoms with Gasteiger partial charge in [-0.3, -0.25) is 0 Å². The van der Waals surface area contributed by atoms with Crippen molar-refractivity contribution < 1.29 is 19.0 Å². The molecule has 6 heteroatoms. The van der Waals surface area contributed by atoms with Gasteiger partial charge in [-0.15, -0.1) is 12.4 Å². The Morgan fingerprint density at radius 2 is 2.04 bits per heavy atom. The van der Waals surface area contributed by atoms with Crippen LogP contribution in [0.2, 0.25) is 0 Å². The molecule has 0 saturated heterocycles. The molecule has 3 rings (SSSR count). The van der Waals surface area contributed by atoms with Crippen molar-refractivity contribution in [3.05, 3.63) is 53.7 Å². The molecule has 1 atom stereocenters. The minimum Gasteiger partial charge on any atom is -0.508 e. The predicted octanol–water partition coefficient (Wildman–Crippen LogP) is 3.19. The summed E-state index contributed by atoms with van der Waals surface area (Å²) in [4.78, 5) is 0. The lowest BCUT2D eigenvalue weighted by molar-refractivity contribution is 0.265. The van der Waals surface area contributed by atoms with Gasteiger partial charge >= 0.3 is 0 Å². The molecule has 0 aliphatic rings. The highest BCUT2D eigenvalue weighted by Crippen LogP contribution is 2.31. The lowest BCUT2D eigenvalue weighted by Gasteiger charge is -2.07. The van der Waals surface area contributed by atoms with Gasteiger partial charge < -0.3 is 24.8 Å². The van der Waals surface area contributed by atoms with Crippen molar-refractivity contribution in [3.8, 4) is 5.75 Å². The number of furan rings is 2. The summed E-state index contributed by atoms with van der Waals surface area (Å²) in [5.41, 5.74) is 8.32. The van der Waals surface area contributed by atoms with Gasteiger partial charge in [-0.25, -0.2) is 0 Å². The van der Waals surface area contributed by atoms with E-state index in [0.717, 1.165) is 16.5 Å². The van der Waals surface area contributed by atoms with E-state index in [1.54, 1.807) is 30.7 Å². The Kier molecular flexibility index (Phi) is 5.50. The zero-order valence-corrected chi connectivity index (χ0v) is 13.1. The first-order valence-electron chi connectivity index (χ1n) is 6.98. The van der Waals surface area contributed by atoms with Crippen LogP contribution < -0.4 is 5.73 Å². The number of phenolic OH excluding ortho intramolecular Hbond substituents is 1. The van der Waals surface area contributed by atoms with Crippen molar-refractivity contribution in [3.63, 3.8) is 0 Å². The molecule has 0 radical (unpaired) electrons. The average molecular weight is 336 g/mol. The fraction of sp³-hybridized carbons (Fsp3) is 0.176. The first-order chi connectivity index (χ1) is 10.7. The third kappa shape index (κ3) is 3.76. The van der Waals surface area contributed by atoms with Crippen LogP contribution >= 0.6 is 12.4 Å². The number of phenols is 1. The highest BCUT2D eigenvalue weighted by molar-refractivity contribution is 5.87. The van der Waals surface area contributed by atoms with Crippen LogP contribution in [-0.2, 0) is 6.42 Å². The molecule has 1 aromatic carbocycles. The van der Waals surface area contributed by atoms with Crippen molar-refractivity contribution in [1.29, 1.82) is 0 Å². The number of hydrogen-bond donors (Lipinski definition) is 3. The molecule has 0 amide bonds. The van der Waals surface area contributed by atoms with Gasteiger partial charge in [0.2, 0.25) is 0 Å². The molecule has 0 aliphatic carbocycles. The van der Waals surface area contributed by atoms with E-state index in [1.807, 2.05) is 18.2 Å². The third-order valence-corrected chi connectivity index (χ3v) is 3.48. The van der Waals surface area contributed by atoms with Gasteiger partial charge in [0, 0.05) is 22.6 Å². The van der Waals surface area contributed by atoms with E-state index < -0.39 is 0 Å². The quantitative estimate of drug-likeness (QED) is 0.666. The maximum atomic E-state index is 9.68. The maximum Gasteiger partial charge on any atom is 0.135 e. The minimum atomic E-state index is -0.385. The van der Waals surface area contributed by atoms with Crippen LogP contribution in [0.15, 0.2) is 45.6 Å². The first-order valence-corrected chi connectivity index (χ1v) is 6.98. The van der Waals surface area contributed by atoms with Crippen LogP contribution in [0.5, 0.6) is 5.75 Å². The zero-order chi connectivity index (χ0) is 15.5. The van der Waals surface area contributed by atoms with Gasteiger partial charge in [0.1, 0.15) is 17.1 Å². The van der Waals surface area contributed by atoms with Crippen LogP contribution in [0.25, 0.3) is 23.1 Å². The molecular weight excluding hydrogens is 318 g/mol. The van der Waals surface area contributed by atoms with Gasteiger partial charge in [-0.2, -0.15) is 0 Å². The molecule has 2 aromatic heterocycles. The number of rotatable bonds is 5. The van der Waals surface area contributed by atoms with Crippen molar-refractivity contribution >= 4 is 35.5 Å². The number of halogens is 1. The Morgan fingerprint density at radius 1 is 1.22 bits per heavy atom. The lowest BCUT2D eigenvalue weighted by Crippen LogP contribution is -2.26. The topological polar surface area (TPSA) is 92.8 Å². The molecule has 0 saturated carbocycles. The lowest BCUT2D eigenvalue weighted by atomic mass is 10.0. The third-order valence-electron chi connectivity index (χ3n) is 3.48. The summed E-state index contributed by atoms with van der Waals surface area (Å²) in [5, 5.41) is 19.7. The number of aliphatic hydroxyl groups is 1. The molecule has 1 unspecified atom stereocenters. The monoisotopic (exact) mass is 335 g/mol. The Balaban J connectivity index is 0.00000192. The van der Waals surface area contributed by atoms with E-state index in [-0.39, 0.29) is 30.8 Å². The molecule has 0 bridgehead atoms. The summed E-state index contributed by atoms with van der Waals surface area (Å²) < 4.78 is 10.9. The largest absolute Gasteiger partial charge is 0.508 e. The smallest absolute Gasteiger partial charge is 0.135 e. The van der Waals surface area contributed by atoms with Crippen molar-refractivity contribution in [2.24, 2.45) is 5.73 Å². The van der Waals surface area contributed by atoms with Crippen LogP contribution in [-0.4, -0.2) is 22.9 Å². The standard InChI is InChI=1S/C17H17NO4.ClH/c18-12(9-19)7-14-15-8-13(20)2-4-17(15)22-16(14)3-1-11-5-6-21-10-11;/h1-6,8,10,12,19-20H,7,9,18H2;1H/b3-1+;. The predicted molar refractivity (Wildman–Crippen MR) is 91.5 cm³/mol. The SMILES string of the molecule is Cl.NC(CO)Cc1c(/C=C/c2ccoc2)oc2ccc(O)cc12. The molecule has 122 valence electrons. The molecule has 3 aromatic rings. The van der Waals surface area contributed by atoms with Crippen LogP contribution in [0.1, 0.15) is 16.9 Å². The Bertz CT molecular complexity index is 792. The highest BCUT2D eigenvalue weighted by atomic mass is 35.5. The normalized spacial score (nSPS) is 12.6. The molecule has 0 aliphatic heterocycles. The first kappa shape index (κ1) is 17.1. The van der Waals surface area contributed by atoms with Crippen molar-refractivity contribution in [2.75, 3.05) is 6.61 Å². The van der Waals surface area contributed by atoms with Crippen LogP contribution in [0.4, 0.5) is 0 Å². The summed E-state index contributed by atoms with van der Waals surface area (Å²) in [5.74, 6) is 0.822. The maximum absolute atomic E-state index is 9.68.